The van der Waals surface area contributed by atoms with Gasteiger partial charge in [-0.3, -0.25) is 14.7 Å². The quantitative estimate of drug-likeness (QED) is 0.574. The summed E-state index contributed by atoms with van der Waals surface area (Å²) >= 11 is 1.51. The van der Waals surface area contributed by atoms with Crippen molar-refractivity contribution in [3.8, 4) is 10.6 Å². The average Bonchev–Trinajstić information content (AvgIpc) is 3.22. The molecule has 3 aromatic rings. The molecule has 1 aromatic carbocycles. The second kappa shape index (κ2) is 9.32. The maximum atomic E-state index is 12.9. The first-order chi connectivity index (χ1) is 16.1. The molecule has 1 aliphatic rings. The SMILES string of the molecule is [2H]C([2H])([2H])N(CC(F)F)C1CCN(C(=O)Cc2cc3cc(-c4nnc(C)s4)ccc3cn2)CC1. The summed E-state index contributed by atoms with van der Waals surface area (Å²) in [5.74, 6) is -0.115. The van der Waals surface area contributed by atoms with Crippen molar-refractivity contribution >= 4 is 28.0 Å². The van der Waals surface area contributed by atoms with E-state index in [9.17, 15) is 13.6 Å². The third-order valence-electron chi connectivity index (χ3n) is 5.48. The Morgan fingerprint density at radius 3 is 2.77 bits per heavy atom. The standard InChI is InChI=1S/C22H25F2N5OS/c1-14-26-27-22(31-14)15-3-4-16-12-25-18(10-17(16)9-15)11-21(30)29-7-5-19(6-8-29)28(2)13-20(23)24/h3-4,9-10,12,19-20H,5-8,11,13H2,1-2H3/i2D3. The first kappa shape index (κ1) is 18.1. The van der Waals surface area contributed by atoms with Gasteiger partial charge in [-0.2, -0.15) is 0 Å². The molecule has 0 atom stereocenters. The number of fused-ring (bicyclic) bond motifs is 1. The zero-order valence-electron chi connectivity index (χ0n) is 20.1. The highest BCUT2D eigenvalue weighted by Crippen LogP contribution is 2.27. The summed E-state index contributed by atoms with van der Waals surface area (Å²) in [7, 11) is 0. The molecule has 0 aliphatic carbocycles. The second-order valence-corrected chi connectivity index (χ2v) is 8.88. The number of alkyl halides is 2. The van der Waals surface area contributed by atoms with Gasteiger partial charge in [0.1, 0.15) is 10.0 Å². The summed E-state index contributed by atoms with van der Waals surface area (Å²) in [5.41, 5.74) is 1.58. The Labute approximate surface area is 188 Å². The molecule has 1 saturated heterocycles. The molecule has 2 aromatic heterocycles. The van der Waals surface area contributed by atoms with Crippen molar-refractivity contribution in [2.45, 2.75) is 38.7 Å². The van der Waals surface area contributed by atoms with Gasteiger partial charge >= 0.3 is 0 Å². The van der Waals surface area contributed by atoms with Crippen molar-refractivity contribution in [3.05, 3.63) is 41.2 Å². The van der Waals surface area contributed by atoms with E-state index in [1.54, 1.807) is 11.1 Å². The molecule has 0 bridgehead atoms. The van der Waals surface area contributed by atoms with Gasteiger partial charge in [-0.1, -0.05) is 23.5 Å². The van der Waals surface area contributed by atoms with E-state index in [4.69, 9.17) is 4.11 Å². The van der Waals surface area contributed by atoms with Crippen LogP contribution in [0.5, 0.6) is 0 Å². The van der Waals surface area contributed by atoms with E-state index in [-0.39, 0.29) is 12.3 Å². The van der Waals surface area contributed by atoms with Crippen molar-refractivity contribution in [1.82, 2.24) is 25.0 Å². The Morgan fingerprint density at radius 1 is 1.29 bits per heavy atom. The van der Waals surface area contributed by atoms with E-state index in [1.807, 2.05) is 31.2 Å². The lowest BCUT2D eigenvalue weighted by Gasteiger charge is -2.36. The molecule has 4 rings (SSSR count). The molecule has 0 spiro atoms. The van der Waals surface area contributed by atoms with Crippen LogP contribution in [0, 0.1) is 6.92 Å². The normalized spacial score (nSPS) is 17.2. The summed E-state index contributed by atoms with van der Waals surface area (Å²) in [6.45, 7) is -0.831. The Morgan fingerprint density at radius 2 is 2.10 bits per heavy atom. The van der Waals surface area contributed by atoms with Gasteiger partial charge in [-0.05, 0) is 44.3 Å². The Bertz CT molecular complexity index is 1160. The molecule has 1 fully saturated rings. The van der Waals surface area contributed by atoms with Crippen molar-refractivity contribution in [2.75, 3.05) is 26.6 Å². The Hall–Kier alpha value is -2.52. The highest BCUT2D eigenvalue weighted by Gasteiger charge is 2.26. The van der Waals surface area contributed by atoms with Gasteiger partial charge in [-0.15, -0.1) is 10.2 Å². The fraction of sp³-hybridized carbons (Fsp3) is 0.455. The number of aromatic nitrogens is 3. The number of carbonyl (C=O) groups is 1. The third-order valence-corrected chi connectivity index (χ3v) is 6.36. The van der Waals surface area contributed by atoms with Crippen molar-refractivity contribution in [3.63, 3.8) is 0 Å². The van der Waals surface area contributed by atoms with Crippen molar-refractivity contribution in [1.29, 1.82) is 0 Å². The number of likely N-dealkylation sites (tertiary alicyclic amines) is 1. The van der Waals surface area contributed by atoms with Crippen LogP contribution in [-0.2, 0) is 11.2 Å². The molecular weight excluding hydrogens is 420 g/mol. The van der Waals surface area contributed by atoms with Gasteiger partial charge in [0.25, 0.3) is 6.43 Å². The molecule has 0 radical (unpaired) electrons. The number of piperidine rings is 1. The van der Waals surface area contributed by atoms with Crippen LogP contribution in [0.3, 0.4) is 0 Å². The summed E-state index contributed by atoms with van der Waals surface area (Å²) in [6.07, 6.45) is -0.199. The minimum absolute atomic E-state index is 0.114. The highest BCUT2D eigenvalue weighted by atomic mass is 32.1. The number of nitrogens with zero attached hydrogens (tertiary/aromatic N) is 5. The van der Waals surface area contributed by atoms with E-state index in [0.29, 0.717) is 31.6 Å². The maximum absolute atomic E-state index is 12.9. The summed E-state index contributed by atoms with van der Waals surface area (Å²) in [6, 6.07) is 7.31. The minimum atomic E-state index is -2.73. The number of pyridine rings is 1. The molecule has 1 aliphatic heterocycles. The summed E-state index contributed by atoms with van der Waals surface area (Å²) in [4.78, 5) is 19.8. The van der Waals surface area contributed by atoms with E-state index in [2.05, 4.69) is 15.2 Å². The van der Waals surface area contributed by atoms with Crippen LogP contribution in [0.15, 0.2) is 30.5 Å². The van der Waals surface area contributed by atoms with Crippen molar-refractivity contribution in [2.24, 2.45) is 0 Å². The van der Waals surface area contributed by atoms with Crippen LogP contribution in [0.2, 0.25) is 0 Å². The van der Waals surface area contributed by atoms with Crippen LogP contribution in [0.4, 0.5) is 8.78 Å². The molecule has 0 N–H and O–H groups in total. The third kappa shape index (κ3) is 5.22. The molecule has 31 heavy (non-hydrogen) atoms. The smallest absolute Gasteiger partial charge is 0.251 e. The first-order valence-electron chi connectivity index (χ1n) is 11.6. The van der Waals surface area contributed by atoms with Gasteiger partial charge in [-0.25, -0.2) is 8.78 Å². The lowest BCUT2D eigenvalue weighted by atomic mass is 10.0. The molecule has 164 valence electrons. The predicted molar refractivity (Wildman–Crippen MR) is 117 cm³/mol. The van der Waals surface area contributed by atoms with Gasteiger partial charge in [0.15, 0.2) is 0 Å². The zero-order chi connectivity index (χ0) is 24.5. The largest absolute Gasteiger partial charge is 0.342 e. The molecule has 3 heterocycles. The molecule has 6 nitrogen and oxygen atoms in total. The van der Waals surface area contributed by atoms with Crippen LogP contribution < -0.4 is 0 Å². The van der Waals surface area contributed by atoms with Gasteiger partial charge < -0.3 is 4.90 Å². The second-order valence-electron chi connectivity index (χ2n) is 7.70. The summed E-state index contributed by atoms with van der Waals surface area (Å²) in [5, 5.41) is 11.9. The fourth-order valence-electron chi connectivity index (χ4n) is 3.82. The predicted octanol–water partition coefficient (Wildman–Crippen LogP) is 3.79. The fourth-order valence-corrected chi connectivity index (χ4v) is 4.51. The lowest BCUT2D eigenvalue weighted by molar-refractivity contribution is -0.132. The molecular formula is C22H25F2N5OS. The Kier molecular flexibility index (Phi) is 5.44. The number of aryl methyl sites for hydroxylation is 1. The number of amides is 1. The van der Waals surface area contributed by atoms with Crippen LogP contribution in [0.25, 0.3) is 21.3 Å². The van der Waals surface area contributed by atoms with Crippen LogP contribution >= 0.6 is 11.3 Å². The monoisotopic (exact) mass is 448 g/mol. The van der Waals surface area contributed by atoms with Gasteiger partial charge in [0, 0.05) is 40.4 Å². The molecule has 9 heteroatoms. The average molecular weight is 449 g/mol. The molecule has 0 saturated carbocycles. The van der Waals surface area contributed by atoms with Crippen LogP contribution in [-0.4, -0.2) is 70.0 Å². The maximum Gasteiger partial charge on any atom is 0.251 e. The van der Waals surface area contributed by atoms with Crippen LogP contribution in [0.1, 0.15) is 27.7 Å². The highest BCUT2D eigenvalue weighted by molar-refractivity contribution is 7.14. The van der Waals surface area contributed by atoms with Crippen molar-refractivity contribution < 1.29 is 17.7 Å². The number of carbonyl (C=O) groups excluding carboxylic acids is 1. The first-order valence-corrected chi connectivity index (χ1v) is 10.9. The minimum Gasteiger partial charge on any atom is -0.342 e. The number of halogens is 2. The summed E-state index contributed by atoms with van der Waals surface area (Å²) < 4.78 is 48.5. The van der Waals surface area contributed by atoms with E-state index in [0.717, 1.165) is 31.3 Å². The topological polar surface area (TPSA) is 62.2 Å². The molecule has 0 unspecified atom stereocenters. The Balaban J connectivity index is 1.41. The lowest BCUT2D eigenvalue weighted by Crippen LogP contribution is -2.47. The number of rotatable bonds is 6. The number of benzene rings is 1. The number of hydrogen-bond donors (Lipinski definition) is 0. The number of hydrogen-bond acceptors (Lipinski definition) is 6. The molecule has 1 amide bonds. The van der Waals surface area contributed by atoms with E-state index in [1.165, 1.54) is 11.3 Å². The van der Waals surface area contributed by atoms with Gasteiger partial charge in [0.2, 0.25) is 5.91 Å². The zero-order valence-corrected chi connectivity index (χ0v) is 17.9. The van der Waals surface area contributed by atoms with E-state index >= 15 is 0 Å². The van der Waals surface area contributed by atoms with Gasteiger partial charge in [0.05, 0.1) is 18.7 Å². The van der Waals surface area contributed by atoms with E-state index < -0.39 is 26.0 Å².